The van der Waals surface area contributed by atoms with E-state index in [-0.39, 0.29) is 29.0 Å². The van der Waals surface area contributed by atoms with Gasteiger partial charge in [0.25, 0.3) is 0 Å². The second-order valence-electron chi connectivity index (χ2n) is 9.73. The van der Waals surface area contributed by atoms with Gasteiger partial charge in [0, 0.05) is 18.4 Å². The molecule has 2 aliphatic rings. The molecule has 0 bridgehead atoms. The molecule has 2 heterocycles. The Morgan fingerprint density at radius 1 is 0.969 bits per heavy atom. The smallest absolute Gasteiger partial charge is 0.166 e. The average molecular weight is 437 g/mol. The Bertz CT molecular complexity index is 1100. The number of quaternary nitrogens is 1. The van der Waals surface area contributed by atoms with Crippen LogP contribution in [0.15, 0.2) is 47.6 Å². The van der Waals surface area contributed by atoms with Crippen molar-refractivity contribution in [1.82, 2.24) is 0 Å². The highest BCUT2D eigenvalue weighted by molar-refractivity contribution is 5.52. The van der Waals surface area contributed by atoms with Crippen LogP contribution < -0.4 is 0 Å². The SMILES string of the molecule is CC(C)=CCC/C(C)=C/C[N@@+]12CCc3cc(O)c(O)cc3[C@H]1Cc1ccc(O)c(O)c1C2. The Kier molecular flexibility index (Phi) is 5.95. The van der Waals surface area contributed by atoms with Crippen LogP contribution in [0, 0.1) is 0 Å². The van der Waals surface area contributed by atoms with E-state index in [0.29, 0.717) is 13.0 Å². The van der Waals surface area contributed by atoms with Crippen molar-refractivity contribution in [2.45, 2.75) is 59.0 Å². The lowest BCUT2D eigenvalue weighted by Gasteiger charge is -2.51. The van der Waals surface area contributed by atoms with Gasteiger partial charge in [0.1, 0.15) is 12.6 Å². The monoisotopic (exact) mass is 436 g/mol. The molecule has 0 unspecified atom stereocenters. The lowest BCUT2D eigenvalue weighted by Crippen LogP contribution is -2.56. The summed E-state index contributed by atoms with van der Waals surface area (Å²) in [5.41, 5.74) is 6.68. The van der Waals surface area contributed by atoms with Crippen LogP contribution in [-0.4, -0.2) is 38.0 Å². The van der Waals surface area contributed by atoms with E-state index < -0.39 is 0 Å². The first kappa shape index (κ1) is 22.3. The van der Waals surface area contributed by atoms with Gasteiger partial charge in [0.05, 0.1) is 18.7 Å². The summed E-state index contributed by atoms with van der Waals surface area (Å²) >= 11 is 0. The zero-order valence-electron chi connectivity index (χ0n) is 19.2. The van der Waals surface area contributed by atoms with Crippen molar-refractivity contribution in [3.8, 4) is 23.0 Å². The van der Waals surface area contributed by atoms with Crippen molar-refractivity contribution < 1.29 is 24.9 Å². The van der Waals surface area contributed by atoms with Crippen LogP contribution in [-0.2, 0) is 19.4 Å². The number of nitrogens with zero attached hydrogens (tertiary/aromatic N) is 1. The second kappa shape index (κ2) is 8.55. The van der Waals surface area contributed by atoms with E-state index in [9.17, 15) is 20.4 Å². The number of benzene rings is 2. The van der Waals surface area contributed by atoms with E-state index >= 15 is 0 Å². The summed E-state index contributed by atoms with van der Waals surface area (Å²) in [5.74, 6) is -0.245. The lowest BCUT2D eigenvalue weighted by atomic mass is 9.80. The molecule has 2 aromatic rings. The van der Waals surface area contributed by atoms with E-state index in [1.807, 2.05) is 6.07 Å². The third kappa shape index (κ3) is 4.09. The molecule has 0 amide bonds. The van der Waals surface area contributed by atoms with Crippen LogP contribution >= 0.6 is 0 Å². The molecule has 0 saturated heterocycles. The third-order valence-corrected chi connectivity index (χ3v) is 7.22. The van der Waals surface area contributed by atoms with Gasteiger partial charge in [-0.3, -0.25) is 0 Å². The highest BCUT2D eigenvalue weighted by Gasteiger charge is 2.46. The van der Waals surface area contributed by atoms with Crippen LogP contribution in [0.5, 0.6) is 23.0 Å². The van der Waals surface area contributed by atoms with E-state index in [2.05, 4.69) is 32.9 Å². The van der Waals surface area contributed by atoms with Gasteiger partial charge >= 0.3 is 0 Å². The average Bonchev–Trinajstić information content (AvgIpc) is 2.75. The number of phenols is 4. The molecular formula is C27H34NO4+. The quantitative estimate of drug-likeness (QED) is 0.288. The molecule has 32 heavy (non-hydrogen) atoms. The summed E-state index contributed by atoms with van der Waals surface area (Å²) in [7, 11) is 0. The van der Waals surface area contributed by atoms with Crippen molar-refractivity contribution >= 4 is 0 Å². The molecule has 2 atom stereocenters. The molecule has 2 aliphatic heterocycles. The fourth-order valence-electron chi connectivity index (χ4n) is 5.32. The topological polar surface area (TPSA) is 80.9 Å². The predicted molar refractivity (Wildman–Crippen MR) is 126 cm³/mol. The zero-order valence-corrected chi connectivity index (χ0v) is 19.2. The van der Waals surface area contributed by atoms with Gasteiger partial charge in [-0.05, 0) is 69.0 Å². The second-order valence-corrected chi connectivity index (χ2v) is 9.73. The molecule has 5 nitrogen and oxygen atoms in total. The number of rotatable bonds is 5. The molecule has 0 saturated carbocycles. The van der Waals surface area contributed by atoms with Crippen LogP contribution in [0.3, 0.4) is 0 Å². The number of fused-ring (bicyclic) bond motifs is 4. The number of phenolic OH excluding ortho intramolecular Hbond substituents is 4. The highest BCUT2D eigenvalue weighted by Crippen LogP contribution is 2.49. The molecule has 0 radical (unpaired) electrons. The summed E-state index contributed by atoms with van der Waals surface area (Å²) in [5, 5.41) is 41.0. The largest absolute Gasteiger partial charge is 0.504 e. The van der Waals surface area contributed by atoms with E-state index in [4.69, 9.17) is 0 Å². The van der Waals surface area contributed by atoms with Crippen LogP contribution in [0.25, 0.3) is 0 Å². The molecule has 0 aromatic heterocycles. The standard InChI is InChI=1S/C27H33NO4/c1-17(2)5-4-6-18(3)9-11-28-12-10-20-14-25(30)26(31)15-21(20)23(28)13-19-7-8-24(29)27(32)22(19)16-28/h5,7-9,14-15,23H,4,6,10-13,16H2,1-3H3,(H3-,29,30,31,32)/p+1/b18-9+/t23-,28+/m1/s1. The zero-order chi connectivity index (χ0) is 23.0. The number of hydrogen-bond donors (Lipinski definition) is 4. The molecule has 0 aliphatic carbocycles. The number of hydrogen-bond acceptors (Lipinski definition) is 4. The van der Waals surface area contributed by atoms with Gasteiger partial charge in [-0.15, -0.1) is 0 Å². The minimum atomic E-state index is -0.0865. The summed E-state index contributed by atoms with van der Waals surface area (Å²) in [4.78, 5) is 0. The molecule has 4 N–H and O–H groups in total. The van der Waals surface area contributed by atoms with Crippen molar-refractivity contribution in [2.24, 2.45) is 0 Å². The van der Waals surface area contributed by atoms with Crippen molar-refractivity contribution in [3.63, 3.8) is 0 Å². The minimum absolute atomic E-state index is 0.0120. The summed E-state index contributed by atoms with van der Waals surface area (Å²) in [6.45, 7) is 8.73. The summed E-state index contributed by atoms with van der Waals surface area (Å²) < 4.78 is 0.737. The van der Waals surface area contributed by atoms with Gasteiger partial charge in [0.2, 0.25) is 0 Å². The number of allylic oxidation sites excluding steroid dienone is 3. The van der Waals surface area contributed by atoms with Crippen molar-refractivity contribution in [3.05, 3.63) is 69.8 Å². The van der Waals surface area contributed by atoms with Gasteiger partial charge in [-0.1, -0.05) is 23.3 Å². The molecule has 4 rings (SSSR count). The normalized spacial score (nSPS) is 22.0. The van der Waals surface area contributed by atoms with Gasteiger partial charge in [-0.2, -0.15) is 0 Å². The first-order valence-corrected chi connectivity index (χ1v) is 11.4. The van der Waals surface area contributed by atoms with Gasteiger partial charge < -0.3 is 24.9 Å². The Balaban J connectivity index is 1.73. The van der Waals surface area contributed by atoms with Crippen molar-refractivity contribution in [1.29, 1.82) is 0 Å². The maximum Gasteiger partial charge on any atom is 0.166 e. The first-order valence-electron chi connectivity index (χ1n) is 11.4. The Morgan fingerprint density at radius 3 is 2.47 bits per heavy atom. The van der Waals surface area contributed by atoms with Gasteiger partial charge in [-0.25, -0.2) is 0 Å². The Morgan fingerprint density at radius 2 is 1.72 bits per heavy atom. The van der Waals surface area contributed by atoms with E-state index in [1.54, 1.807) is 18.2 Å². The maximum absolute atomic E-state index is 10.6. The van der Waals surface area contributed by atoms with Crippen LogP contribution in [0.4, 0.5) is 0 Å². The van der Waals surface area contributed by atoms with Gasteiger partial charge in [0.15, 0.2) is 23.0 Å². The molecule has 170 valence electrons. The molecule has 2 aromatic carbocycles. The Labute approximate surface area is 190 Å². The molecular weight excluding hydrogens is 402 g/mol. The molecule has 0 spiro atoms. The van der Waals surface area contributed by atoms with E-state index in [1.165, 1.54) is 11.1 Å². The fraction of sp³-hybridized carbons (Fsp3) is 0.407. The van der Waals surface area contributed by atoms with Crippen molar-refractivity contribution in [2.75, 3.05) is 13.1 Å². The number of aromatic hydroxyl groups is 4. The lowest BCUT2D eigenvalue weighted by molar-refractivity contribution is -0.968. The third-order valence-electron chi connectivity index (χ3n) is 7.22. The highest BCUT2D eigenvalue weighted by atomic mass is 16.3. The predicted octanol–water partition coefficient (Wildman–Crippen LogP) is 5.37. The van der Waals surface area contributed by atoms with Crippen LogP contribution in [0.2, 0.25) is 0 Å². The first-order chi connectivity index (χ1) is 15.2. The maximum atomic E-state index is 10.6. The summed E-state index contributed by atoms with van der Waals surface area (Å²) in [6.07, 6.45) is 8.13. The fourth-order valence-corrected chi connectivity index (χ4v) is 5.32. The van der Waals surface area contributed by atoms with E-state index in [0.717, 1.165) is 59.1 Å². The van der Waals surface area contributed by atoms with Crippen LogP contribution in [0.1, 0.15) is 61.9 Å². The molecule has 5 heteroatoms. The Hall–Kier alpha value is -2.92. The minimum Gasteiger partial charge on any atom is -0.504 e. The molecule has 0 fully saturated rings. The summed E-state index contributed by atoms with van der Waals surface area (Å²) in [6, 6.07) is 6.98.